The standard InChI is InChI=1S/C28H31N2O3/c1-15-8-10-21-18(12-15)24(16(2)29(21)5)25-26(31)19(27(25)32)14-23-28(3,4)20-13-17(33-7)9-11-22(20)30(23)6/h8-14,25-26,31H,1-7H3/q+1. The maximum Gasteiger partial charge on any atom is 0.209 e. The third-order valence-corrected chi connectivity index (χ3v) is 7.74. The van der Waals surface area contributed by atoms with Crippen molar-refractivity contribution in [1.29, 1.82) is 0 Å². The maximum atomic E-state index is 13.5. The predicted octanol–water partition coefficient (Wildman–Crippen LogP) is 4.46. The minimum Gasteiger partial charge on any atom is -0.497 e. The number of nitrogens with zero attached hydrogens (tertiary/aromatic N) is 2. The fourth-order valence-corrected chi connectivity index (χ4v) is 5.65. The second-order valence-corrected chi connectivity index (χ2v) is 9.92. The zero-order valence-electron chi connectivity index (χ0n) is 20.4. The molecule has 0 radical (unpaired) electrons. The van der Waals surface area contributed by atoms with Crippen molar-refractivity contribution in [3.05, 3.63) is 70.4 Å². The number of aryl methyl sites for hydroxylation is 2. The van der Waals surface area contributed by atoms with Crippen LogP contribution in [0.2, 0.25) is 0 Å². The van der Waals surface area contributed by atoms with Crippen molar-refractivity contribution in [3.63, 3.8) is 0 Å². The first-order valence-corrected chi connectivity index (χ1v) is 11.4. The summed E-state index contributed by atoms with van der Waals surface area (Å²) in [6.45, 7) is 8.37. The molecule has 33 heavy (non-hydrogen) atoms. The van der Waals surface area contributed by atoms with Gasteiger partial charge in [-0.2, -0.15) is 4.58 Å². The van der Waals surface area contributed by atoms with Gasteiger partial charge in [-0.15, -0.1) is 0 Å². The molecular formula is C28H31N2O3+. The number of aliphatic hydroxyl groups excluding tert-OH is 1. The van der Waals surface area contributed by atoms with Crippen LogP contribution in [0.4, 0.5) is 5.69 Å². The Morgan fingerprint density at radius 2 is 1.88 bits per heavy atom. The quantitative estimate of drug-likeness (QED) is 0.480. The smallest absolute Gasteiger partial charge is 0.209 e. The molecule has 2 aliphatic rings. The van der Waals surface area contributed by atoms with Crippen LogP contribution in [0.1, 0.15) is 42.1 Å². The molecule has 5 rings (SSSR count). The van der Waals surface area contributed by atoms with Gasteiger partial charge in [0.05, 0.1) is 24.5 Å². The Kier molecular flexibility index (Phi) is 4.70. The summed E-state index contributed by atoms with van der Waals surface area (Å²) in [7, 11) is 5.69. The van der Waals surface area contributed by atoms with E-state index in [0.29, 0.717) is 5.57 Å². The Balaban J connectivity index is 1.56. The lowest BCUT2D eigenvalue weighted by Crippen LogP contribution is -2.44. The number of carbonyl (C=O) groups is 1. The van der Waals surface area contributed by atoms with E-state index in [9.17, 15) is 9.90 Å². The van der Waals surface area contributed by atoms with Crippen molar-refractivity contribution in [1.82, 2.24) is 4.57 Å². The van der Waals surface area contributed by atoms with Crippen molar-refractivity contribution >= 4 is 28.1 Å². The summed E-state index contributed by atoms with van der Waals surface area (Å²) in [6, 6.07) is 12.3. The average Bonchev–Trinajstić information content (AvgIpc) is 3.13. The molecule has 5 heteroatoms. The number of hydrogen-bond donors (Lipinski definition) is 1. The maximum absolute atomic E-state index is 13.5. The molecule has 0 amide bonds. The van der Waals surface area contributed by atoms with Gasteiger partial charge in [-0.25, -0.2) is 0 Å². The molecule has 1 N–H and O–H groups in total. The Morgan fingerprint density at radius 1 is 1.15 bits per heavy atom. The van der Waals surface area contributed by atoms with Crippen LogP contribution in [0, 0.1) is 13.8 Å². The summed E-state index contributed by atoms with van der Waals surface area (Å²) in [5.74, 6) is 0.287. The normalized spacial score (nSPS) is 22.8. The van der Waals surface area contributed by atoms with Crippen molar-refractivity contribution in [2.45, 2.75) is 45.1 Å². The Labute approximate surface area is 194 Å². The van der Waals surface area contributed by atoms with E-state index in [4.69, 9.17) is 4.74 Å². The van der Waals surface area contributed by atoms with Gasteiger partial charge in [-0.3, -0.25) is 4.79 Å². The molecule has 2 atom stereocenters. The Hall–Kier alpha value is -3.18. The van der Waals surface area contributed by atoms with E-state index in [1.165, 1.54) is 0 Å². The number of carbonyl (C=O) groups excluding carboxylic acids is 1. The molecule has 1 aliphatic carbocycles. The van der Waals surface area contributed by atoms with Gasteiger partial charge in [0.1, 0.15) is 12.8 Å². The summed E-state index contributed by atoms with van der Waals surface area (Å²) in [6.07, 6.45) is 1.08. The minimum atomic E-state index is -0.822. The molecular weight excluding hydrogens is 412 g/mol. The van der Waals surface area contributed by atoms with Crippen LogP contribution in [-0.4, -0.2) is 46.0 Å². The highest BCUT2D eigenvalue weighted by atomic mass is 16.5. The van der Waals surface area contributed by atoms with Crippen molar-refractivity contribution < 1.29 is 19.2 Å². The van der Waals surface area contributed by atoms with Gasteiger partial charge in [0, 0.05) is 46.9 Å². The van der Waals surface area contributed by atoms with Gasteiger partial charge >= 0.3 is 0 Å². The first-order valence-electron chi connectivity index (χ1n) is 11.4. The van der Waals surface area contributed by atoms with Gasteiger partial charge in [0.25, 0.3) is 0 Å². The lowest BCUT2D eigenvalue weighted by atomic mass is 9.69. The van der Waals surface area contributed by atoms with Crippen LogP contribution >= 0.6 is 0 Å². The highest BCUT2D eigenvalue weighted by Crippen LogP contribution is 2.46. The first kappa shape index (κ1) is 21.7. The van der Waals surface area contributed by atoms with E-state index in [0.717, 1.165) is 50.4 Å². The highest BCUT2D eigenvalue weighted by molar-refractivity contribution is 6.16. The molecule has 0 spiro atoms. The Morgan fingerprint density at radius 3 is 2.55 bits per heavy atom. The summed E-state index contributed by atoms with van der Waals surface area (Å²) in [4.78, 5) is 13.5. The number of aromatic nitrogens is 1. The van der Waals surface area contributed by atoms with Gasteiger partial charge in [0.15, 0.2) is 11.5 Å². The molecule has 1 aromatic heterocycles. The third kappa shape index (κ3) is 2.88. The zero-order chi connectivity index (χ0) is 23.8. The summed E-state index contributed by atoms with van der Waals surface area (Å²) in [5.41, 5.74) is 7.60. The topological polar surface area (TPSA) is 54.5 Å². The van der Waals surface area contributed by atoms with Crippen molar-refractivity contribution in [2.24, 2.45) is 7.05 Å². The number of aliphatic hydroxyl groups is 1. The minimum absolute atomic E-state index is 0.00448. The van der Waals surface area contributed by atoms with E-state index in [2.05, 4.69) is 54.2 Å². The molecule has 2 heterocycles. The van der Waals surface area contributed by atoms with Crippen LogP contribution < -0.4 is 4.74 Å². The number of allylic oxidation sites excluding steroid dienone is 1. The lowest BCUT2D eigenvalue weighted by molar-refractivity contribution is -0.401. The molecule has 2 unspecified atom stereocenters. The number of benzene rings is 2. The van der Waals surface area contributed by atoms with E-state index in [-0.39, 0.29) is 11.2 Å². The monoisotopic (exact) mass is 443 g/mol. The van der Waals surface area contributed by atoms with E-state index < -0.39 is 12.0 Å². The van der Waals surface area contributed by atoms with Crippen LogP contribution in [-0.2, 0) is 17.3 Å². The van der Waals surface area contributed by atoms with Gasteiger partial charge in [-0.05, 0) is 57.5 Å². The van der Waals surface area contributed by atoms with Crippen LogP contribution in [0.3, 0.4) is 0 Å². The average molecular weight is 444 g/mol. The number of ether oxygens (including phenoxy) is 1. The molecule has 3 aromatic rings. The fourth-order valence-electron chi connectivity index (χ4n) is 5.65. The summed E-state index contributed by atoms with van der Waals surface area (Å²) in [5, 5.41) is 12.3. The highest BCUT2D eigenvalue weighted by Gasteiger charge is 2.50. The molecule has 1 saturated carbocycles. The van der Waals surface area contributed by atoms with E-state index in [1.54, 1.807) is 7.11 Å². The second-order valence-electron chi connectivity index (χ2n) is 9.92. The van der Waals surface area contributed by atoms with Gasteiger partial charge < -0.3 is 14.4 Å². The molecule has 0 bridgehead atoms. The summed E-state index contributed by atoms with van der Waals surface area (Å²) >= 11 is 0. The van der Waals surface area contributed by atoms with Crippen LogP contribution in [0.15, 0.2) is 48.0 Å². The number of fused-ring (bicyclic) bond motifs is 2. The van der Waals surface area contributed by atoms with Crippen molar-refractivity contribution in [2.75, 3.05) is 14.2 Å². The molecule has 1 fully saturated rings. The number of methoxy groups -OCH3 is 1. The fraction of sp³-hybridized carbons (Fsp3) is 0.357. The van der Waals surface area contributed by atoms with Gasteiger partial charge in [0.2, 0.25) is 5.69 Å². The van der Waals surface area contributed by atoms with E-state index in [1.807, 2.05) is 39.2 Å². The van der Waals surface area contributed by atoms with Crippen LogP contribution in [0.25, 0.3) is 10.9 Å². The first-order chi connectivity index (χ1) is 15.6. The number of ketones is 1. The largest absolute Gasteiger partial charge is 0.497 e. The number of hydrogen-bond acceptors (Lipinski definition) is 3. The second kappa shape index (κ2) is 7.16. The third-order valence-electron chi connectivity index (χ3n) is 7.74. The SMILES string of the molecule is COc1ccc2c(c1)C(C)(C)C(C=C1C(=O)C(c3c(C)n(C)c4ccc(C)cc34)C1O)=[N+]2C. The summed E-state index contributed by atoms with van der Waals surface area (Å²) < 4.78 is 9.65. The molecule has 2 aromatic carbocycles. The van der Waals surface area contributed by atoms with E-state index >= 15 is 0 Å². The zero-order valence-corrected chi connectivity index (χ0v) is 20.4. The van der Waals surface area contributed by atoms with Crippen LogP contribution in [0.5, 0.6) is 5.75 Å². The number of Topliss-reactive ketones (excluding diaryl/α,β-unsaturated/α-hetero) is 1. The molecule has 1 aliphatic heterocycles. The Bertz CT molecular complexity index is 1400. The predicted molar refractivity (Wildman–Crippen MR) is 131 cm³/mol. The lowest BCUT2D eigenvalue weighted by Gasteiger charge is -2.35. The molecule has 5 nitrogen and oxygen atoms in total. The number of rotatable bonds is 3. The van der Waals surface area contributed by atoms with Gasteiger partial charge in [-0.1, -0.05) is 11.6 Å². The van der Waals surface area contributed by atoms with Crippen molar-refractivity contribution in [3.8, 4) is 5.75 Å². The molecule has 170 valence electrons. The molecule has 0 saturated heterocycles.